The van der Waals surface area contributed by atoms with Crippen molar-refractivity contribution < 1.29 is 5.11 Å². The van der Waals surface area contributed by atoms with Gasteiger partial charge in [-0.15, -0.1) is 0 Å². The van der Waals surface area contributed by atoms with Crippen LogP contribution in [0.2, 0.25) is 0 Å². The number of aromatic nitrogens is 2. The number of aliphatic hydroxyl groups is 1. The van der Waals surface area contributed by atoms with Crippen LogP contribution < -0.4 is 0 Å². The molecule has 1 aliphatic carbocycles. The molecule has 3 rings (SSSR count). The second-order valence-electron chi connectivity index (χ2n) is 6.24. The van der Waals surface area contributed by atoms with Crippen molar-refractivity contribution in [3.8, 4) is 5.69 Å². The number of hydrogen-bond donors (Lipinski definition) is 1. The van der Waals surface area contributed by atoms with Gasteiger partial charge >= 0.3 is 0 Å². The minimum Gasteiger partial charge on any atom is -0.389 e. The Kier molecular flexibility index (Phi) is 4.08. The fraction of sp³-hybridized carbons (Fsp3) is 0.471. The van der Waals surface area contributed by atoms with Crippen LogP contribution in [0.15, 0.2) is 43.0 Å². The Morgan fingerprint density at radius 2 is 1.95 bits per heavy atom. The zero-order valence-corrected chi connectivity index (χ0v) is 12.6. The molecule has 2 aromatic rings. The smallest absolute Gasteiger partial charge is 0.0991 e. The molecule has 0 aliphatic heterocycles. The Labute approximate surface area is 126 Å². The summed E-state index contributed by atoms with van der Waals surface area (Å²) in [4.78, 5) is 6.28. The van der Waals surface area contributed by atoms with Crippen LogP contribution in [-0.4, -0.2) is 38.8 Å². The highest BCUT2D eigenvalue weighted by molar-refractivity contribution is 5.34. The number of rotatable bonds is 5. The van der Waals surface area contributed by atoms with Crippen LogP contribution in [-0.2, 0) is 6.54 Å². The summed E-state index contributed by atoms with van der Waals surface area (Å²) in [5.74, 6) is 0. The molecule has 112 valence electrons. The molecule has 4 heteroatoms. The molecule has 1 heterocycles. The summed E-state index contributed by atoms with van der Waals surface area (Å²) >= 11 is 0. The van der Waals surface area contributed by atoms with Gasteiger partial charge in [-0.3, -0.25) is 4.90 Å². The van der Waals surface area contributed by atoms with Gasteiger partial charge in [0.2, 0.25) is 0 Å². The first-order chi connectivity index (χ1) is 10.1. The lowest BCUT2D eigenvalue weighted by molar-refractivity contribution is 0.0145. The molecule has 1 saturated carbocycles. The van der Waals surface area contributed by atoms with E-state index in [9.17, 15) is 5.11 Å². The lowest BCUT2D eigenvalue weighted by Crippen LogP contribution is -2.38. The highest BCUT2D eigenvalue weighted by Gasteiger charge is 2.31. The average molecular weight is 285 g/mol. The monoisotopic (exact) mass is 285 g/mol. The van der Waals surface area contributed by atoms with Crippen LogP contribution in [0.1, 0.15) is 31.2 Å². The number of benzene rings is 1. The van der Waals surface area contributed by atoms with Crippen molar-refractivity contribution >= 4 is 0 Å². The van der Waals surface area contributed by atoms with Crippen LogP contribution in [0.4, 0.5) is 0 Å². The molecule has 21 heavy (non-hydrogen) atoms. The molecule has 0 radical (unpaired) electrons. The van der Waals surface area contributed by atoms with E-state index in [1.165, 1.54) is 5.56 Å². The third-order valence-corrected chi connectivity index (χ3v) is 4.29. The van der Waals surface area contributed by atoms with Crippen molar-refractivity contribution in [3.63, 3.8) is 0 Å². The topological polar surface area (TPSA) is 41.3 Å². The lowest BCUT2D eigenvalue weighted by Gasteiger charge is -2.28. The normalized spacial score (nSPS) is 17.5. The molecule has 4 nitrogen and oxygen atoms in total. The standard InChI is InChI=1S/C17H23N3O/c1-19(13-17(21)8-2-3-9-17)12-15-4-6-16(7-5-15)20-11-10-18-14-20/h4-7,10-11,14,21H,2-3,8-9,12-13H2,1H3. The van der Waals surface area contributed by atoms with Gasteiger partial charge in [0, 0.05) is 31.2 Å². The molecular weight excluding hydrogens is 262 g/mol. The van der Waals surface area contributed by atoms with Crippen LogP contribution in [0.3, 0.4) is 0 Å². The molecule has 0 atom stereocenters. The molecule has 1 fully saturated rings. The highest BCUT2D eigenvalue weighted by Crippen LogP contribution is 2.30. The Morgan fingerprint density at radius 3 is 2.57 bits per heavy atom. The summed E-state index contributed by atoms with van der Waals surface area (Å²) in [6.07, 6.45) is 9.72. The third kappa shape index (κ3) is 3.52. The molecule has 1 N–H and O–H groups in total. The van der Waals surface area contributed by atoms with Crippen molar-refractivity contribution in [1.82, 2.24) is 14.5 Å². The Hall–Kier alpha value is -1.65. The summed E-state index contributed by atoms with van der Waals surface area (Å²) in [6.45, 7) is 1.63. The Morgan fingerprint density at radius 1 is 1.24 bits per heavy atom. The molecule has 0 spiro atoms. The fourth-order valence-electron chi connectivity index (χ4n) is 3.25. The van der Waals surface area contributed by atoms with Crippen molar-refractivity contribution in [3.05, 3.63) is 48.5 Å². The van der Waals surface area contributed by atoms with Gasteiger partial charge in [-0.05, 0) is 37.6 Å². The molecular formula is C17H23N3O. The van der Waals surface area contributed by atoms with E-state index in [-0.39, 0.29) is 0 Å². The summed E-state index contributed by atoms with van der Waals surface area (Å²) in [7, 11) is 2.08. The molecule has 1 aromatic heterocycles. The van der Waals surface area contributed by atoms with Crippen LogP contribution >= 0.6 is 0 Å². The number of nitrogens with zero attached hydrogens (tertiary/aromatic N) is 3. The SMILES string of the molecule is CN(Cc1ccc(-n2ccnc2)cc1)CC1(O)CCCC1. The number of likely N-dealkylation sites (N-methyl/N-ethyl adjacent to an activating group) is 1. The van der Waals surface area contributed by atoms with E-state index in [1.807, 2.05) is 10.8 Å². The molecule has 0 unspecified atom stereocenters. The third-order valence-electron chi connectivity index (χ3n) is 4.29. The minimum absolute atomic E-state index is 0.467. The van der Waals surface area contributed by atoms with Crippen LogP contribution in [0, 0.1) is 0 Å². The second kappa shape index (κ2) is 6.00. The van der Waals surface area contributed by atoms with Gasteiger partial charge in [0.25, 0.3) is 0 Å². The zero-order chi connectivity index (χ0) is 14.7. The molecule has 1 aromatic carbocycles. The number of imidazole rings is 1. The van der Waals surface area contributed by atoms with E-state index in [0.29, 0.717) is 0 Å². The van der Waals surface area contributed by atoms with Gasteiger partial charge < -0.3 is 9.67 Å². The van der Waals surface area contributed by atoms with Gasteiger partial charge in [-0.25, -0.2) is 4.98 Å². The van der Waals surface area contributed by atoms with Crippen molar-refractivity contribution in [1.29, 1.82) is 0 Å². The van der Waals surface area contributed by atoms with Gasteiger partial charge in [0.05, 0.1) is 11.9 Å². The zero-order valence-electron chi connectivity index (χ0n) is 12.6. The van der Waals surface area contributed by atoms with Gasteiger partial charge in [-0.1, -0.05) is 25.0 Å². The molecule has 0 bridgehead atoms. The van der Waals surface area contributed by atoms with Crippen molar-refractivity contribution in [2.45, 2.75) is 37.8 Å². The van der Waals surface area contributed by atoms with Crippen molar-refractivity contribution in [2.75, 3.05) is 13.6 Å². The quantitative estimate of drug-likeness (QED) is 0.918. The second-order valence-corrected chi connectivity index (χ2v) is 6.24. The Balaban J connectivity index is 1.60. The maximum Gasteiger partial charge on any atom is 0.0991 e. The highest BCUT2D eigenvalue weighted by atomic mass is 16.3. The van der Waals surface area contributed by atoms with E-state index < -0.39 is 5.60 Å². The van der Waals surface area contributed by atoms with E-state index in [2.05, 4.69) is 41.2 Å². The van der Waals surface area contributed by atoms with Crippen LogP contribution in [0.5, 0.6) is 0 Å². The summed E-state index contributed by atoms with van der Waals surface area (Å²) in [6, 6.07) is 8.50. The molecule has 0 amide bonds. The number of hydrogen-bond acceptors (Lipinski definition) is 3. The molecule has 0 saturated heterocycles. The Bertz CT molecular complexity index is 556. The van der Waals surface area contributed by atoms with E-state index >= 15 is 0 Å². The lowest BCUT2D eigenvalue weighted by atomic mass is 10.0. The van der Waals surface area contributed by atoms with Crippen molar-refractivity contribution in [2.24, 2.45) is 0 Å². The maximum atomic E-state index is 10.5. The fourth-order valence-corrected chi connectivity index (χ4v) is 3.25. The minimum atomic E-state index is -0.467. The first-order valence-corrected chi connectivity index (χ1v) is 7.63. The summed E-state index contributed by atoms with van der Waals surface area (Å²) in [5.41, 5.74) is 1.92. The summed E-state index contributed by atoms with van der Waals surface area (Å²) < 4.78 is 1.99. The maximum absolute atomic E-state index is 10.5. The van der Waals surface area contributed by atoms with Crippen LogP contribution in [0.25, 0.3) is 5.69 Å². The van der Waals surface area contributed by atoms with Gasteiger partial charge in [-0.2, -0.15) is 0 Å². The van der Waals surface area contributed by atoms with E-state index in [4.69, 9.17) is 0 Å². The van der Waals surface area contributed by atoms with E-state index in [0.717, 1.165) is 44.5 Å². The summed E-state index contributed by atoms with van der Waals surface area (Å²) in [5, 5.41) is 10.5. The average Bonchev–Trinajstić information content (AvgIpc) is 3.11. The first kappa shape index (κ1) is 14.3. The molecule has 1 aliphatic rings. The van der Waals surface area contributed by atoms with E-state index in [1.54, 1.807) is 12.5 Å². The van der Waals surface area contributed by atoms with Gasteiger partial charge in [0.1, 0.15) is 0 Å². The van der Waals surface area contributed by atoms with Gasteiger partial charge in [0.15, 0.2) is 0 Å². The first-order valence-electron chi connectivity index (χ1n) is 7.63. The predicted molar refractivity (Wildman–Crippen MR) is 83.3 cm³/mol. The predicted octanol–water partition coefficient (Wildman–Crippen LogP) is 2.61. The largest absolute Gasteiger partial charge is 0.389 e.